The summed E-state index contributed by atoms with van der Waals surface area (Å²) >= 11 is 12.2. The molecule has 0 N–H and O–H groups in total. The molecule has 3 rings (SSSR count). The summed E-state index contributed by atoms with van der Waals surface area (Å²) in [7, 11) is -1.54. The van der Waals surface area contributed by atoms with Gasteiger partial charge in [0.1, 0.15) is 5.71 Å². The summed E-state index contributed by atoms with van der Waals surface area (Å²) in [4.78, 5) is 26.4. The summed E-state index contributed by atoms with van der Waals surface area (Å²) < 4.78 is 23.4. The maximum Gasteiger partial charge on any atom is 0.270 e. The number of hydrogen-bond donors (Lipinski definition) is 0. The lowest BCUT2D eigenvalue weighted by atomic mass is 10.1. The lowest BCUT2D eigenvalue weighted by Crippen LogP contribution is -2.44. The first kappa shape index (κ1) is 20.1. The van der Waals surface area contributed by atoms with Crippen LogP contribution in [0.3, 0.4) is 0 Å². The second kappa shape index (κ2) is 7.77. The van der Waals surface area contributed by atoms with Gasteiger partial charge < -0.3 is 4.90 Å². The van der Waals surface area contributed by atoms with Gasteiger partial charge in [0, 0.05) is 26.4 Å². The van der Waals surface area contributed by atoms with E-state index in [-0.39, 0.29) is 48.4 Å². The summed E-state index contributed by atoms with van der Waals surface area (Å²) in [6.07, 6.45) is 0.696. The summed E-state index contributed by atoms with van der Waals surface area (Å²) in [5.74, 6) is -0.663. The lowest BCUT2D eigenvalue weighted by molar-refractivity contribution is -0.134. The Bertz CT molecular complexity index is 917. The molecule has 10 heteroatoms. The van der Waals surface area contributed by atoms with Crippen LogP contribution < -0.4 is 0 Å². The Morgan fingerprint density at radius 2 is 2.07 bits per heavy atom. The van der Waals surface area contributed by atoms with Gasteiger partial charge >= 0.3 is 0 Å². The zero-order chi connectivity index (χ0) is 19.8. The average molecular weight is 432 g/mol. The topological polar surface area (TPSA) is 87.1 Å². The van der Waals surface area contributed by atoms with E-state index in [0.717, 1.165) is 0 Å². The third kappa shape index (κ3) is 4.44. The number of carbonyl (C=O) groups is 2. The molecule has 0 bridgehead atoms. The lowest BCUT2D eigenvalue weighted by Gasteiger charge is -2.29. The molecule has 1 aromatic carbocycles. The van der Waals surface area contributed by atoms with Crippen LogP contribution in [0.2, 0.25) is 10.0 Å². The van der Waals surface area contributed by atoms with Crippen LogP contribution in [0.25, 0.3) is 0 Å². The van der Waals surface area contributed by atoms with Crippen molar-refractivity contribution < 1.29 is 18.0 Å². The monoisotopic (exact) mass is 431 g/mol. The second-order valence-electron chi connectivity index (χ2n) is 6.72. The largest absolute Gasteiger partial charge is 0.336 e. The first-order valence-electron chi connectivity index (χ1n) is 8.46. The van der Waals surface area contributed by atoms with Gasteiger partial charge in [0.2, 0.25) is 5.91 Å². The maximum atomic E-state index is 12.8. The third-order valence-corrected chi connectivity index (χ3v) is 7.25. The Balaban J connectivity index is 1.76. The Morgan fingerprint density at radius 1 is 1.33 bits per heavy atom. The fourth-order valence-electron chi connectivity index (χ4n) is 3.20. The van der Waals surface area contributed by atoms with Gasteiger partial charge in [-0.15, -0.1) is 0 Å². The molecule has 1 atom stereocenters. The van der Waals surface area contributed by atoms with Gasteiger partial charge in [-0.3, -0.25) is 9.59 Å². The molecular formula is C17H19Cl2N3O4S. The highest BCUT2D eigenvalue weighted by molar-refractivity contribution is 7.91. The molecule has 146 valence electrons. The standard InChI is InChI=1S/C17H19Cl2N3O4S/c1-21(9-11-3-2-4-13(18)16(11)19)17(24)14-5-6-15(23)22(20-14)12-7-8-27(25,26)10-12/h2-4,12H,5-10H2,1H3/t12-/m0/s1. The number of amides is 2. The minimum absolute atomic E-state index is 0.0351. The molecule has 1 aromatic rings. The number of carbonyl (C=O) groups excluding carboxylic acids is 2. The predicted molar refractivity (Wildman–Crippen MR) is 104 cm³/mol. The minimum Gasteiger partial charge on any atom is -0.336 e. The molecule has 2 aliphatic heterocycles. The number of rotatable bonds is 4. The maximum absolute atomic E-state index is 12.8. The Labute approximate surface area is 167 Å². The van der Waals surface area contributed by atoms with Crippen LogP contribution in [0.4, 0.5) is 0 Å². The van der Waals surface area contributed by atoms with E-state index in [4.69, 9.17) is 23.2 Å². The molecule has 2 amide bonds. The summed E-state index contributed by atoms with van der Waals surface area (Å²) in [5, 5.41) is 6.17. The van der Waals surface area contributed by atoms with E-state index in [0.29, 0.717) is 22.0 Å². The van der Waals surface area contributed by atoms with Crippen LogP contribution in [0, 0.1) is 0 Å². The number of hydrazone groups is 1. The zero-order valence-electron chi connectivity index (χ0n) is 14.7. The molecule has 0 spiro atoms. The molecule has 0 aromatic heterocycles. The van der Waals surface area contributed by atoms with Gasteiger partial charge in [0.25, 0.3) is 5.91 Å². The van der Waals surface area contributed by atoms with Gasteiger partial charge in [0.05, 0.1) is 27.6 Å². The van der Waals surface area contributed by atoms with Crippen molar-refractivity contribution in [1.29, 1.82) is 0 Å². The molecule has 2 heterocycles. The van der Waals surface area contributed by atoms with Crippen molar-refractivity contribution in [2.75, 3.05) is 18.6 Å². The van der Waals surface area contributed by atoms with Crippen LogP contribution in [0.5, 0.6) is 0 Å². The molecule has 1 saturated heterocycles. The minimum atomic E-state index is -3.16. The smallest absolute Gasteiger partial charge is 0.270 e. The van der Waals surface area contributed by atoms with Crippen molar-refractivity contribution in [3.05, 3.63) is 33.8 Å². The summed E-state index contributed by atoms with van der Waals surface area (Å²) in [6.45, 7) is 0.239. The Kier molecular flexibility index (Phi) is 5.79. The van der Waals surface area contributed by atoms with Crippen molar-refractivity contribution >= 4 is 50.6 Å². The number of nitrogens with zero attached hydrogens (tertiary/aromatic N) is 3. The van der Waals surface area contributed by atoms with Crippen LogP contribution in [0.1, 0.15) is 24.8 Å². The van der Waals surface area contributed by atoms with E-state index in [1.54, 1.807) is 25.2 Å². The summed E-state index contributed by atoms with van der Waals surface area (Å²) in [5.41, 5.74) is 0.936. The van der Waals surface area contributed by atoms with Crippen LogP contribution in [-0.2, 0) is 26.0 Å². The highest BCUT2D eigenvalue weighted by atomic mass is 35.5. The number of halogens is 2. The highest BCUT2D eigenvalue weighted by Gasteiger charge is 2.37. The van der Waals surface area contributed by atoms with Gasteiger partial charge in [-0.1, -0.05) is 35.3 Å². The van der Waals surface area contributed by atoms with E-state index in [2.05, 4.69) is 5.10 Å². The highest BCUT2D eigenvalue weighted by Crippen LogP contribution is 2.27. The van der Waals surface area contributed by atoms with Gasteiger partial charge in [-0.25, -0.2) is 13.4 Å². The predicted octanol–water partition coefficient (Wildman–Crippen LogP) is 2.12. The first-order valence-corrected chi connectivity index (χ1v) is 11.0. The number of benzene rings is 1. The van der Waals surface area contributed by atoms with Gasteiger partial charge in [0.15, 0.2) is 9.84 Å². The van der Waals surface area contributed by atoms with Gasteiger partial charge in [-0.2, -0.15) is 5.10 Å². The molecule has 0 aliphatic carbocycles. The number of hydrogen-bond acceptors (Lipinski definition) is 5. The van der Waals surface area contributed by atoms with Crippen molar-refractivity contribution in [2.45, 2.75) is 31.8 Å². The van der Waals surface area contributed by atoms with Crippen LogP contribution >= 0.6 is 23.2 Å². The molecule has 0 unspecified atom stereocenters. The average Bonchev–Trinajstić information content (AvgIpc) is 2.98. The first-order chi connectivity index (χ1) is 12.7. The van der Waals surface area contributed by atoms with Crippen molar-refractivity contribution in [3.8, 4) is 0 Å². The van der Waals surface area contributed by atoms with Crippen LogP contribution in [-0.4, -0.2) is 60.4 Å². The molecular weight excluding hydrogens is 413 g/mol. The van der Waals surface area contributed by atoms with Crippen LogP contribution in [0.15, 0.2) is 23.3 Å². The zero-order valence-corrected chi connectivity index (χ0v) is 17.0. The van der Waals surface area contributed by atoms with E-state index in [1.807, 2.05) is 0 Å². The van der Waals surface area contributed by atoms with E-state index < -0.39 is 15.9 Å². The fraction of sp³-hybridized carbons (Fsp3) is 0.471. The molecule has 27 heavy (non-hydrogen) atoms. The Hall–Kier alpha value is -1.64. The second-order valence-corrected chi connectivity index (χ2v) is 9.73. The number of sulfone groups is 1. The SMILES string of the molecule is CN(Cc1cccc(Cl)c1Cl)C(=O)C1=NN([C@H]2CCS(=O)(=O)C2)C(=O)CC1. The molecule has 7 nitrogen and oxygen atoms in total. The van der Waals surface area contributed by atoms with Crippen molar-refractivity contribution in [3.63, 3.8) is 0 Å². The molecule has 1 fully saturated rings. The normalized spacial score (nSPS) is 21.9. The van der Waals surface area contributed by atoms with Gasteiger partial charge in [-0.05, 0) is 18.1 Å². The molecule has 2 aliphatic rings. The molecule has 0 saturated carbocycles. The Morgan fingerprint density at radius 3 is 2.74 bits per heavy atom. The third-order valence-electron chi connectivity index (χ3n) is 4.65. The summed E-state index contributed by atoms with van der Waals surface area (Å²) in [6, 6.07) is 4.69. The molecule has 0 radical (unpaired) electrons. The van der Waals surface area contributed by atoms with E-state index >= 15 is 0 Å². The van der Waals surface area contributed by atoms with E-state index in [9.17, 15) is 18.0 Å². The fourth-order valence-corrected chi connectivity index (χ4v) is 5.27. The van der Waals surface area contributed by atoms with Crippen molar-refractivity contribution in [2.24, 2.45) is 5.10 Å². The van der Waals surface area contributed by atoms with Crippen molar-refractivity contribution in [1.82, 2.24) is 9.91 Å². The quantitative estimate of drug-likeness (QED) is 0.730. The van der Waals surface area contributed by atoms with E-state index in [1.165, 1.54) is 9.91 Å².